The summed E-state index contributed by atoms with van der Waals surface area (Å²) in [5.74, 6) is 0. The minimum Gasteiger partial charge on any atom is -0.399 e. The predicted octanol–water partition coefficient (Wildman–Crippen LogP) is 3.26. The number of rotatable bonds is 3. The minimum absolute atomic E-state index is 0.188. The van der Waals surface area contributed by atoms with Crippen molar-refractivity contribution in [2.45, 2.75) is 32.0 Å². The quantitative estimate of drug-likeness (QED) is 0.914. The lowest BCUT2D eigenvalue weighted by Gasteiger charge is -2.25. The third-order valence-electron chi connectivity index (χ3n) is 3.59. The molecule has 3 heteroatoms. The smallest absolute Gasteiger partial charge is 0.0897 e. The molecule has 0 saturated carbocycles. The van der Waals surface area contributed by atoms with Gasteiger partial charge in [-0.05, 0) is 42.5 Å². The lowest BCUT2D eigenvalue weighted by Crippen LogP contribution is -2.13. The summed E-state index contributed by atoms with van der Waals surface area (Å²) in [6, 6.07) is 12.2. The number of nitrogens with zero attached hydrogens (tertiary/aromatic N) is 1. The van der Waals surface area contributed by atoms with Crippen LogP contribution in [0.5, 0.6) is 0 Å². The van der Waals surface area contributed by atoms with Crippen molar-refractivity contribution in [2.75, 3.05) is 5.73 Å². The summed E-state index contributed by atoms with van der Waals surface area (Å²) in [6.07, 6.45) is 5.34. The molecule has 2 N–H and O–H groups in total. The van der Waals surface area contributed by atoms with E-state index in [-0.39, 0.29) is 6.10 Å². The molecule has 0 radical (unpaired) electrons. The van der Waals surface area contributed by atoms with Crippen molar-refractivity contribution < 1.29 is 4.74 Å². The summed E-state index contributed by atoms with van der Waals surface area (Å²) in [4.78, 5) is 4.27. The molecule has 1 atom stereocenters. The fraction of sp³-hybridized carbons (Fsp3) is 0.312. The standard InChI is InChI=1S/C16H18N2O/c17-13-8-9-18-14(10-13)11-19-16-7-3-5-12-4-1-2-6-15(12)16/h1-2,4,6,8-10,16H,3,5,7,11H2,(H2,17,18). The van der Waals surface area contributed by atoms with Gasteiger partial charge in [-0.1, -0.05) is 24.3 Å². The Morgan fingerprint density at radius 1 is 1.26 bits per heavy atom. The van der Waals surface area contributed by atoms with Crippen LogP contribution in [0.2, 0.25) is 0 Å². The zero-order chi connectivity index (χ0) is 13.1. The predicted molar refractivity (Wildman–Crippen MR) is 75.6 cm³/mol. The molecule has 3 rings (SSSR count). The first-order valence-electron chi connectivity index (χ1n) is 6.73. The second-order valence-corrected chi connectivity index (χ2v) is 4.97. The SMILES string of the molecule is Nc1ccnc(COC2CCCc3ccccc32)c1. The number of benzene rings is 1. The lowest BCUT2D eigenvalue weighted by molar-refractivity contribution is 0.0265. The Kier molecular flexibility index (Phi) is 3.47. The number of aromatic nitrogens is 1. The van der Waals surface area contributed by atoms with Gasteiger partial charge in [-0.15, -0.1) is 0 Å². The molecule has 2 aromatic rings. The molecule has 3 nitrogen and oxygen atoms in total. The number of hydrogen-bond acceptors (Lipinski definition) is 3. The Labute approximate surface area is 113 Å². The van der Waals surface area contributed by atoms with Crippen molar-refractivity contribution in [2.24, 2.45) is 0 Å². The van der Waals surface area contributed by atoms with Gasteiger partial charge in [-0.3, -0.25) is 4.98 Å². The van der Waals surface area contributed by atoms with Crippen molar-refractivity contribution >= 4 is 5.69 Å². The molecule has 0 aliphatic heterocycles. The highest BCUT2D eigenvalue weighted by molar-refractivity contribution is 5.37. The van der Waals surface area contributed by atoms with Crippen LogP contribution in [0.4, 0.5) is 5.69 Å². The first-order valence-corrected chi connectivity index (χ1v) is 6.73. The van der Waals surface area contributed by atoms with E-state index in [1.807, 2.05) is 6.07 Å². The first kappa shape index (κ1) is 12.2. The summed E-state index contributed by atoms with van der Waals surface area (Å²) < 4.78 is 6.03. The number of ether oxygens (including phenoxy) is 1. The molecule has 1 aromatic heterocycles. The average Bonchev–Trinajstić information content (AvgIpc) is 2.45. The Morgan fingerprint density at radius 2 is 2.16 bits per heavy atom. The van der Waals surface area contributed by atoms with Crippen LogP contribution >= 0.6 is 0 Å². The largest absolute Gasteiger partial charge is 0.399 e. The van der Waals surface area contributed by atoms with Crippen molar-refractivity contribution in [3.8, 4) is 0 Å². The van der Waals surface area contributed by atoms with E-state index in [2.05, 4.69) is 29.2 Å². The van der Waals surface area contributed by atoms with Crippen LogP contribution in [0.3, 0.4) is 0 Å². The molecule has 0 bridgehead atoms. The molecule has 19 heavy (non-hydrogen) atoms. The molecule has 0 saturated heterocycles. The maximum Gasteiger partial charge on any atom is 0.0897 e. The molecule has 0 fully saturated rings. The van der Waals surface area contributed by atoms with E-state index in [1.165, 1.54) is 17.5 Å². The van der Waals surface area contributed by atoms with Gasteiger partial charge in [0, 0.05) is 11.9 Å². The molecule has 1 aliphatic rings. The lowest BCUT2D eigenvalue weighted by atomic mass is 9.89. The van der Waals surface area contributed by atoms with Crippen LogP contribution in [-0.4, -0.2) is 4.98 Å². The number of nitrogens with two attached hydrogens (primary N) is 1. The van der Waals surface area contributed by atoms with Gasteiger partial charge >= 0.3 is 0 Å². The second-order valence-electron chi connectivity index (χ2n) is 4.97. The summed E-state index contributed by atoms with van der Waals surface area (Å²) in [6.45, 7) is 0.518. The second kappa shape index (κ2) is 5.41. The van der Waals surface area contributed by atoms with Gasteiger partial charge in [0.1, 0.15) is 0 Å². The number of pyridine rings is 1. The van der Waals surface area contributed by atoms with E-state index in [0.717, 1.165) is 24.2 Å². The monoisotopic (exact) mass is 254 g/mol. The van der Waals surface area contributed by atoms with Crippen molar-refractivity contribution in [1.82, 2.24) is 4.98 Å². The Balaban J connectivity index is 1.71. The fourth-order valence-corrected chi connectivity index (χ4v) is 2.64. The van der Waals surface area contributed by atoms with E-state index < -0.39 is 0 Å². The van der Waals surface area contributed by atoms with E-state index in [1.54, 1.807) is 12.3 Å². The van der Waals surface area contributed by atoms with Crippen molar-refractivity contribution in [3.63, 3.8) is 0 Å². The fourth-order valence-electron chi connectivity index (χ4n) is 2.64. The Hall–Kier alpha value is -1.87. The third-order valence-corrected chi connectivity index (χ3v) is 3.59. The zero-order valence-corrected chi connectivity index (χ0v) is 10.9. The van der Waals surface area contributed by atoms with E-state index in [4.69, 9.17) is 10.5 Å². The van der Waals surface area contributed by atoms with Gasteiger partial charge in [0.2, 0.25) is 0 Å². The molecule has 1 aromatic carbocycles. The molecule has 1 aliphatic carbocycles. The normalized spacial score (nSPS) is 18.0. The van der Waals surface area contributed by atoms with Crippen LogP contribution in [0.25, 0.3) is 0 Å². The van der Waals surface area contributed by atoms with Crippen molar-refractivity contribution in [1.29, 1.82) is 0 Å². The van der Waals surface area contributed by atoms with Crippen LogP contribution in [0.15, 0.2) is 42.6 Å². The minimum atomic E-state index is 0.188. The first-order chi connectivity index (χ1) is 9.33. The number of nitrogen functional groups attached to an aromatic ring is 1. The molecule has 1 heterocycles. The number of anilines is 1. The highest BCUT2D eigenvalue weighted by atomic mass is 16.5. The molecule has 98 valence electrons. The van der Waals surface area contributed by atoms with Gasteiger partial charge in [0.15, 0.2) is 0 Å². The third kappa shape index (κ3) is 2.76. The average molecular weight is 254 g/mol. The topological polar surface area (TPSA) is 48.1 Å². The van der Waals surface area contributed by atoms with E-state index in [0.29, 0.717) is 6.61 Å². The van der Waals surface area contributed by atoms with E-state index in [9.17, 15) is 0 Å². The highest BCUT2D eigenvalue weighted by Gasteiger charge is 2.20. The molecular formula is C16H18N2O. The van der Waals surface area contributed by atoms with Gasteiger partial charge in [-0.2, -0.15) is 0 Å². The van der Waals surface area contributed by atoms with Crippen LogP contribution in [-0.2, 0) is 17.8 Å². The zero-order valence-electron chi connectivity index (χ0n) is 10.9. The van der Waals surface area contributed by atoms with Gasteiger partial charge < -0.3 is 10.5 Å². The van der Waals surface area contributed by atoms with Crippen LogP contribution < -0.4 is 5.73 Å². The van der Waals surface area contributed by atoms with Crippen LogP contribution in [0, 0.1) is 0 Å². The van der Waals surface area contributed by atoms with Gasteiger partial charge in [-0.25, -0.2) is 0 Å². The highest BCUT2D eigenvalue weighted by Crippen LogP contribution is 2.32. The Morgan fingerprint density at radius 3 is 3.05 bits per heavy atom. The molecule has 1 unspecified atom stereocenters. The summed E-state index contributed by atoms with van der Waals surface area (Å²) >= 11 is 0. The summed E-state index contributed by atoms with van der Waals surface area (Å²) in [5, 5.41) is 0. The summed E-state index contributed by atoms with van der Waals surface area (Å²) in [7, 11) is 0. The maximum absolute atomic E-state index is 6.03. The number of aryl methyl sites for hydroxylation is 1. The maximum atomic E-state index is 6.03. The number of fused-ring (bicyclic) bond motifs is 1. The Bertz CT molecular complexity index is 568. The van der Waals surface area contributed by atoms with E-state index >= 15 is 0 Å². The summed E-state index contributed by atoms with van der Waals surface area (Å²) in [5.41, 5.74) is 10.1. The molecule has 0 spiro atoms. The van der Waals surface area contributed by atoms with Crippen molar-refractivity contribution in [3.05, 3.63) is 59.4 Å². The molecular weight excluding hydrogens is 236 g/mol. The molecule has 0 amide bonds. The number of hydrogen-bond donors (Lipinski definition) is 1. The van der Waals surface area contributed by atoms with Crippen LogP contribution in [0.1, 0.15) is 35.8 Å². The van der Waals surface area contributed by atoms with Gasteiger partial charge in [0.25, 0.3) is 0 Å². The van der Waals surface area contributed by atoms with Gasteiger partial charge in [0.05, 0.1) is 18.4 Å².